The first-order valence-electron chi connectivity index (χ1n) is 12.9. The summed E-state index contributed by atoms with van der Waals surface area (Å²) in [5.74, 6) is 0.631. The summed E-state index contributed by atoms with van der Waals surface area (Å²) >= 11 is 0. The molecule has 1 saturated heterocycles. The Morgan fingerprint density at radius 3 is 2.59 bits per heavy atom. The van der Waals surface area contributed by atoms with E-state index in [1.807, 2.05) is 36.2 Å². The normalized spacial score (nSPS) is 22.8. The van der Waals surface area contributed by atoms with Crippen LogP contribution in [0.5, 0.6) is 0 Å². The largest absolute Gasteiger partial charge is 0.488 e. The highest BCUT2D eigenvalue weighted by atomic mass is 16.5. The van der Waals surface area contributed by atoms with Crippen LogP contribution in [0.1, 0.15) is 69.8 Å². The summed E-state index contributed by atoms with van der Waals surface area (Å²) in [6.07, 6.45) is 14.8. The molecule has 0 radical (unpaired) electrons. The van der Waals surface area contributed by atoms with Gasteiger partial charge in [0.2, 0.25) is 0 Å². The molecule has 0 aromatic carbocycles. The highest BCUT2D eigenvalue weighted by molar-refractivity contribution is 5.96. The molecular formula is C27H39N3O4. The van der Waals surface area contributed by atoms with Crippen molar-refractivity contribution in [1.82, 2.24) is 9.88 Å². The van der Waals surface area contributed by atoms with Gasteiger partial charge < -0.3 is 14.4 Å². The number of hydrogen-bond donors (Lipinski definition) is 0. The lowest BCUT2D eigenvalue weighted by atomic mass is 9.69. The van der Waals surface area contributed by atoms with Crippen LogP contribution in [0, 0.1) is 12.3 Å². The minimum absolute atomic E-state index is 0.000889. The van der Waals surface area contributed by atoms with E-state index in [9.17, 15) is 9.59 Å². The van der Waals surface area contributed by atoms with E-state index in [0.717, 1.165) is 57.3 Å². The summed E-state index contributed by atoms with van der Waals surface area (Å²) in [5.41, 5.74) is 1.16. The molecule has 1 aliphatic carbocycles. The average Bonchev–Trinajstić information content (AvgIpc) is 3.41. The van der Waals surface area contributed by atoms with Gasteiger partial charge in [-0.05, 0) is 68.7 Å². The zero-order valence-corrected chi connectivity index (χ0v) is 20.7. The lowest BCUT2D eigenvalue weighted by Gasteiger charge is -2.41. The molecule has 3 heterocycles. The van der Waals surface area contributed by atoms with Gasteiger partial charge in [0.1, 0.15) is 5.82 Å². The first kappa shape index (κ1) is 24.7. The van der Waals surface area contributed by atoms with Crippen LogP contribution >= 0.6 is 0 Å². The second kappa shape index (κ2) is 11.3. The summed E-state index contributed by atoms with van der Waals surface area (Å²) in [6.45, 7) is 4.89. The smallest absolute Gasteiger partial charge is 0.306 e. The van der Waals surface area contributed by atoms with Gasteiger partial charge in [-0.15, -0.1) is 0 Å². The number of methoxy groups -OCH3 is 1. The summed E-state index contributed by atoms with van der Waals surface area (Å²) in [4.78, 5) is 34.4. The Kier molecular flexibility index (Phi) is 8.24. The van der Waals surface area contributed by atoms with Crippen LogP contribution in [-0.4, -0.2) is 60.7 Å². The second-order valence-corrected chi connectivity index (χ2v) is 10.3. The summed E-state index contributed by atoms with van der Waals surface area (Å²) in [5, 5.41) is 0. The minimum Gasteiger partial charge on any atom is -0.488 e. The van der Waals surface area contributed by atoms with E-state index in [1.165, 1.54) is 26.4 Å². The Morgan fingerprint density at radius 2 is 1.97 bits per heavy atom. The number of aryl methyl sites for hydroxylation is 1. The molecule has 2 aliphatic heterocycles. The van der Waals surface area contributed by atoms with Gasteiger partial charge in [0.25, 0.3) is 5.91 Å². The number of rotatable bonds is 8. The summed E-state index contributed by atoms with van der Waals surface area (Å²) in [6, 6.07) is 4.07. The average molecular weight is 470 g/mol. The summed E-state index contributed by atoms with van der Waals surface area (Å²) in [7, 11) is 1.49. The number of piperidine rings is 1. The first-order chi connectivity index (χ1) is 16.5. The highest BCUT2D eigenvalue weighted by Gasteiger charge is 2.37. The zero-order chi connectivity index (χ0) is 24.0. The van der Waals surface area contributed by atoms with Gasteiger partial charge in [0, 0.05) is 31.7 Å². The quantitative estimate of drug-likeness (QED) is 0.526. The maximum atomic E-state index is 13.4. The number of carbonyl (C=O) groups excluding carboxylic acids is 2. The van der Waals surface area contributed by atoms with Crippen LogP contribution < -0.4 is 4.90 Å². The molecule has 1 saturated carbocycles. The number of ether oxygens (including phenoxy) is 2. The van der Waals surface area contributed by atoms with Crippen LogP contribution in [-0.2, 0) is 19.1 Å². The number of likely N-dealkylation sites (tertiary alicyclic amines) is 1. The van der Waals surface area contributed by atoms with Gasteiger partial charge in [-0.3, -0.25) is 14.5 Å². The Bertz CT molecular complexity index is 847. The van der Waals surface area contributed by atoms with E-state index < -0.39 is 6.10 Å². The van der Waals surface area contributed by atoms with E-state index in [0.29, 0.717) is 18.7 Å². The Hall–Kier alpha value is -2.41. The fourth-order valence-electron chi connectivity index (χ4n) is 5.77. The zero-order valence-electron chi connectivity index (χ0n) is 20.7. The van der Waals surface area contributed by atoms with E-state index >= 15 is 0 Å². The fraction of sp³-hybridized carbons (Fsp3) is 0.667. The van der Waals surface area contributed by atoms with Crippen molar-refractivity contribution < 1.29 is 19.1 Å². The minimum atomic E-state index is -0.453. The number of aromatic nitrogens is 1. The van der Waals surface area contributed by atoms with Crippen molar-refractivity contribution in [2.45, 2.75) is 83.3 Å². The second-order valence-electron chi connectivity index (χ2n) is 10.3. The topological polar surface area (TPSA) is 72.0 Å². The summed E-state index contributed by atoms with van der Waals surface area (Å²) < 4.78 is 10.6. The van der Waals surface area contributed by atoms with Crippen LogP contribution in [0.25, 0.3) is 0 Å². The number of carbonyl (C=O) groups is 2. The van der Waals surface area contributed by atoms with Gasteiger partial charge in [-0.2, -0.15) is 0 Å². The standard InChI is InChI=1S/C27H39N3O4/c1-21-8-9-24(28-20-21)30(26(32)23-7-6-18-34-23)22-10-15-29(16-11-22)17-14-27(19-25(31)33-2)12-4-3-5-13-27/h6,8-9,18,20,22-23H,3-5,7,10-17,19H2,1-2H3. The third-order valence-corrected chi connectivity index (χ3v) is 7.89. The molecule has 1 aromatic heterocycles. The molecule has 1 aromatic rings. The number of pyridine rings is 1. The molecule has 7 nitrogen and oxygen atoms in total. The predicted octanol–water partition coefficient (Wildman–Crippen LogP) is 4.39. The molecule has 4 rings (SSSR count). The van der Waals surface area contributed by atoms with Gasteiger partial charge in [0.05, 0.1) is 19.8 Å². The first-order valence-corrected chi connectivity index (χ1v) is 12.9. The SMILES string of the molecule is COC(=O)CC1(CCN2CCC(N(C(=O)C3CC=CO3)c3ccc(C)cn3)CC2)CCCCC1. The highest BCUT2D eigenvalue weighted by Crippen LogP contribution is 2.43. The molecule has 0 N–H and O–H groups in total. The molecule has 7 heteroatoms. The third kappa shape index (κ3) is 5.98. The predicted molar refractivity (Wildman–Crippen MR) is 131 cm³/mol. The number of hydrogen-bond acceptors (Lipinski definition) is 6. The van der Waals surface area contributed by atoms with Crippen LogP contribution in [0.15, 0.2) is 30.7 Å². The fourth-order valence-corrected chi connectivity index (χ4v) is 5.77. The maximum absolute atomic E-state index is 13.4. The van der Waals surface area contributed by atoms with E-state index in [-0.39, 0.29) is 23.3 Å². The molecule has 0 bridgehead atoms. The van der Waals surface area contributed by atoms with Crippen LogP contribution in [0.3, 0.4) is 0 Å². The van der Waals surface area contributed by atoms with Crippen molar-refractivity contribution in [3.8, 4) is 0 Å². The van der Waals surface area contributed by atoms with Crippen LogP contribution in [0.4, 0.5) is 5.82 Å². The van der Waals surface area contributed by atoms with Crippen molar-refractivity contribution in [2.75, 3.05) is 31.6 Å². The lowest BCUT2D eigenvalue weighted by Crippen LogP contribution is -2.51. The lowest BCUT2D eigenvalue weighted by molar-refractivity contribution is -0.144. The molecule has 186 valence electrons. The van der Waals surface area contributed by atoms with E-state index in [4.69, 9.17) is 9.47 Å². The monoisotopic (exact) mass is 469 g/mol. The van der Waals surface area contributed by atoms with Crippen molar-refractivity contribution >= 4 is 17.7 Å². The molecule has 3 aliphatic rings. The number of anilines is 1. The molecule has 34 heavy (non-hydrogen) atoms. The van der Waals surface area contributed by atoms with Crippen molar-refractivity contribution in [1.29, 1.82) is 0 Å². The Morgan fingerprint density at radius 1 is 1.21 bits per heavy atom. The van der Waals surface area contributed by atoms with Gasteiger partial charge in [0.15, 0.2) is 6.10 Å². The number of amides is 1. The van der Waals surface area contributed by atoms with E-state index in [1.54, 1.807) is 6.26 Å². The molecule has 1 amide bonds. The van der Waals surface area contributed by atoms with Crippen molar-refractivity contribution in [2.24, 2.45) is 5.41 Å². The molecule has 1 atom stereocenters. The van der Waals surface area contributed by atoms with Gasteiger partial charge >= 0.3 is 5.97 Å². The van der Waals surface area contributed by atoms with Gasteiger partial charge in [-0.1, -0.05) is 25.3 Å². The third-order valence-electron chi connectivity index (χ3n) is 7.89. The van der Waals surface area contributed by atoms with Crippen molar-refractivity contribution in [3.05, 3.63) is 36.2 Å². The molecule has 2 fully saturated rings. The number of nitrogens with zero attached hydrogens (tertiary/aromatic N) is 3. The molecular weight excluding hydrogens is 430 g/mol. The Balaban J connectivity index is 1.37. The molecule has 0 spiro atoms. The van der Waals surface area contributed by atoms with Crippen molar-refractivity contribution in [3.63, 3.8) is 0 Å². The number of esters is 1. The Labute approximate surface area is 203 Å². The van der Waals surface area contributed by atoms with Gasteiger partial charge in [-0.25, -0.2) is 4.98 Å². The van der Waals surface area contributed by atoms with E-state index in [2.05, 4.69) is 9.88 Å². The maximum Gasteiger partial charge on any atom is 0.306 e. The van der Waals surface area contributed by atoms with Crippen LogP contribution in [0.2, 0.25) is 0 Å². The molecule has 1 unspecified atom stereocenters.